The number of piperazine rings is 1. The van der Waals surface area contributed by atoms with Gasteiger partial charge >= 0.3 is 0 Å². The maximum Gasteiger partial charge on any atom is 0.245 e. The van der Waals surface area contributed by atoms with Crippen molar-refractivity contribution in [3.05, 3.63) is 0 Å². The van der Waals surface area contributed by atoms with Crippen molar-refractivity contribution in [2.24, 2.45) is 5.41 Å². The van der Waals surface area contributed by atoms with E-state index in [1.54, 1.807) is 11.8 Å². The van der Waals surface area contributed by atoms with E-state index in [-0.39, 0.29) is 23.3 Å². The Morgan fingerprint density at radius 2 is 1.95 bits per heavy atom. The number of thioether (sulfide) groups is 1. The Morgan fingerprint density at radius 3 is 2.47 bits per heavy atom. The topological polar surface area (TPSA) is 49.4 Å². The highest BCUT2D eigenvalue weighted by atomic mass is 32.2. The molecule has 1 heterocycles. The Hall–Kier alpha value is -0.710. The zero-order chi connectivity index (χ0) is 14.6. The molecular formula is C14H26N2O2S. The summed E-state index contributed by atoms with van der Waals surface area (Å²) in [4.78, 5) is 26.3. The van der Waals surface area contributed by atoms with Crippen LogP contribution in [0.4, 0.5) is 0 Å². The molecular weight excluding hydrogens is 260 g/mol. The third-order valence-corrected chi connectivity index (χ3v) is 4.27. The molecule has 0 saturated carbocycles. The minimum Gasteiger partial charge on any atom is -0.343 e. The number of amides is 2. The number of hydrogen-bond donors (Lipinski definition) is 1. The largest absolute Gasteiger partial charge is 0.343 e. The highest BCUT2D eigenvalue weighted by molar-refractivity contribution is 7.99. The Kier molecular flexibility index (Phi) is 5.71. The van der Waals surface area contributed by atoms with Gasteiger partial charge in [0.05, 0.1) is 0 Å². The maximum absolute atomic E-state index is 12.3. The fourth-order valence-electron chi connectivity index (χ4n) is 2.45. The zero-order valence-electron chi connectivity index (χ0n) is 12.7. The second-order valence-electron chi connectivity index (χ2n) is 6.08. The number of hydrogen-bond acceptors (Lipinski definition) is 3. The molecule has 1 aliphatic rings. The van der Waals surface area contributed by atoms with E-state index in [9.17, 15) is 9.59 Å². The SMILES string of the molecule is CCSCCCN1C(=O)C(C)NC(=O)C1C(C)(C)C. The molecule has 0 aromatic carbocycles. The van der Waals surface area contributed by atoms with Crippen LogP contribution in [-0.2, 0) is 9.59 Å². The molecule has 0 bridgehead atoms. The third-order valence-electron chi connectivity index (χ3n) is 3.28. The average molecular weight is 286 g/mol. The van der Waals surface area contributed by atoms with E-state index in [0.717, 1.165) is 17.9 Å². The van der Waals surface area contributed by atoms with Gasteiger partial charge in [-0.2, -0.15) is 11.8 Å². The fourth-order valence-corrected chi connectivity index (χ4v) is 3.07. The van der Waals surface area contributed by atoms with Crippen LogP contribution in [0.1, 0.15) is 41.0 Å². The van der Waals surface area contributed by atoms with Gasteiger partial charge in [0, 0.05) is 6.54 Å². The second-order valence-corrected chi connectivity index (χ2v) is 7.47. The van der Waals surface area contributed by atoms with Crippen LogP contribution >= 0.6 is 11.8 Å². The van der Waals surface area contributed by atoms with E-state index in [0.29, 0.717) is 6.54 Å². The molecule has 110 valence electrons. The summed E-state index contributed by atoms with van der Waals surface area (Å²) in [5, 5.41) is 2.78. The van der Waals surface area contributed by atoms with Crippen molar-refractivity contribution >= 4 is 23.6 Å². The predicted octanol–water partition coefficient (Wildman–Crippen LogP) is 1.89. The first-order chi connectivity index (χ1) is 8.79. The molecule has 5 heteroatoms. The summed E-state index contributed by atoms with van der Waals surface area (Å²) in [5.74, 6) is 2.14. The van der Waals surface area contributed by atoms with Crippen LogP contribution in [0.2, 0.25) is 0 Å². The first-order valence-electron chi connectivity index (χ1n) is 6.97. The molecule has 2 amide bonds. The fraction of sp³-hybridized carbons (Fsp3) is 0.857. The van der Waals surface area contributed by atoms with E-state index in [1.165, 1.54) is 0 Å². The molecule has 2 unspecified atom stereocenters. The lowest BCUT2D eigenvalue weighted by Crippen LogP contribution is -2.66. The Labute approximate surface area is 120 Å². The number of carbonyl (C=O) groups excluding carboxylic acids is 2. The quantitative estimate of drug-likeness (QED) is 0.785. The van der Waals surface area contributed by atoms with E-state index in [1.807, 2.05) is 32.5 Å². The van der Waals surface area contributed by atoms with Crippen LogP contribution in [-0.4, -0.2) is 46.8 Å². The van der Waals surface area contributed by atoms with Crippen LogP contribution in [0.25, 0.3) is 0 Å². The summed E-state index contributed by atoms with van der Waals surface area (Å²) < 4.78 is 0. The van der Waals surface area contributed by atoms with Crippen molar-refractivity contribution < 1.29 is 9.59 Å². The molecule has 1 saturated heterocycles. The molecule has 1 fully saturated rings. The highest BCUT2D eigenvalue weighted by Crippen LogP contribution is 2.28. The van der Waals surface area contributed by atoms with Crippen LogP contribution in [0, 0.1) is 5.41 Å². The van der Waals surface area contributed by atoms with Crippen LogP contribution in [0.5, 0.6) is 0 Å². The van der Waals surface area contributed by atoms with Crippen molar-refractivity contribution in [3.8, 4) is 0 Å². The van der Waals surface area contributed by atoms with Crippen molar-refractivity contribution in [1.82, 2.24) is 10.2 Å². The van der Waals surface area contributed by atoms with Gasteiger partial charge in [0.15, 0.2) is 0 Å². The number of nitrogens with zero attached hydrogens (tertiary/aromatic N) is 1. The van der Waals surface area contributed by atoms with Crippen LogP contribution < -0.4 is 5.32 Å². The Morgan fingerprint density at radius 1 is 1.32 bits per heavy atom. The normalized spacial score (nSPS) is 24.6. The molecule has 4 nitrogen and oxygen atoms in total. The highest BCUT2D eigenvalue weighted by Gasteiger charge is 2.44. The molecule has 0 spiro atoms. The average Bonchev–Trinajstić information content (AvgIpc) is 2.28. The van der Waals surface area contributed by atoms with Gasteiger partial charge in [-0.05, 0) is 30.3 Å². The van der Waals surface area contributed by atoms with Crippen molar-refractivity contribution in [3.63, 3.8) is 0 Å². The van der Waals surface area contributed by atoms with Gasteiger partial charge in [-0.3, -0.25) is 9.59 Å². The summed E-state index contributed by atoms with van der Waals surface area (Å²) in [6, 6.07) is -0.757. The van der Waals surface area contributed by atoms with E-state index >= 15 is 0 Å². The molecule has 19 heavy (non-hydrogen) atoms. The lowest BCUT2D eigenvalue weighted by Gasteiger charge is -2.44. The molecule has 0 aliphatic carbocycles. The summed E-state index contributed by atoms with van der Waals surface area (Å²) in [6.07, 6.45) is 0.941. The van der Waals surface area contributed by atoms with Gasteiger partial charge in [-0.25, -0.2) is 0 Å². The van der Waals surface area contributed by atoms with E-state index < -0.39 is 6.04 Å². The van der Waals surface area contributed by atoms with Crippen molar-refractivity contribution in [1.29, 1.82) is 0 Å². The number of nitrogens with one attached hydrogen (secondary N) is 1. The molecule has 0 aromatic rings. The van der Waals surface area contributed by atoms with Gasteiger partial charge in [0.2, 0.25) is 11.8 Å². The minimum atomic E-state index is -0.398. The molecule has 1 aliphatic heterocycles. The molecule has 1 N–H and O–H groups in total. The first-order valence-corrected chi connectivity index (χ1v) is 8.13. The maximum atomic E-state index is 12.3. The monoisotopic (exact) mass is 286 g/mol. The van der Waals surface area contributed by atoms with Gasteiger partial charge in [-0.1, -0.05) is 27.7 Å². The smallest absolute Gasteiger partial charge is 0.245 e. The Bertz CT molecular complexity index is 339. The zero-order valence-corrected chi connectivity index (χ0v) is 13.5. The molecule has 0 aromatic heterocycles. The standard InChI is InChI=1S/C14H26N2O2S/c1-6-19-9-7-8-16-11(14(3,4)5)12(17)15-10(2)13(16)18/h10-11H,6-9H2,1-5H3,(H,15,17). The summed E-state index contributed by atoms with van der Waals surface area (Å²) in [5.41, 5.74) is -0.238. The summed E-state index contributed by atoms with van der Waals surface area (Å²) in [6.45, 7) is 10.6. The van der Waals surface area contributed by atoms with Crippen molar-refractivity contribution in [2.45, 2.75) is 53.1 Å². The van der Waals surface area contributed by atoms with Gasteiger partial charge in [0.1, 0.15) is 12.1 Å². The number of rotatable bonds is 5. The predicted molar refractivity (Wildman–Crippen MR) is 80.2 cm³/mol. The molecule has 1 rings (SSSR count). The van der Waals surface area contributed by atoms with Crippen LogP contribution in [0.3, 0.4) is 0 Å². The Balaban J connectivity index is 2.78. The summed E-state index contributed by atoms with van der Waals surface area (Å²) >= 11 is 1.87. The lowest BCUT2D eigenvalue weighted by atomic mass is 9.83. The van der Waals surface area contributed by atoms with Gasteiger partial charge in [-0.15, -0.1) is 0 Å². The first kappa shape index (κ1) is 16.3. The second kappa shape index (κ2) is 6.64. The van der Waals surface area contributed by atoms with Crippen molar-refractivity contribution in [2.75, 3.05) is 18.1 Å². The van der Waals surface area contributed by atoms with Gasteiger partial charge < -0.3 is 10.2 Å². The van der Waals surface area contributed by atoms with E-state index in [4.69, 9.17) is 0 Å². The molecule has 0 radical (unpaired) electrons. The lowest BCUT2D eigenvalue weighted by molar-refractivity contribution is -0.153. The van der Waals surface area contributed by atoms with Crippen LogP contribution in [0.15, 0.2) is 0 Å². The van der Waals surface area contributed by atoms with E-state index in [2.05, 4.69) is 12.2 Å². The number of carbonyl (C=O) groups is 2. The third kappa shape index (κ3) is 4.13. The minimum absolute atomic E-state index is 0.0252. The summed E-state index contributed by atoms with van der Waals surface area (Å²) in [7, 11) is 0. The molecule has 2 atom stereocenters. The van der Waals surface area contributed by atoms with Gasteiger partial charge in [0.25, 0.3) is 0 Å².